The van der Waals surface area contributed by atoms with Crippen LogP contribution < -0.4 is 5.32 Å². The smallest absolute Gasteiger partial charge is 0.000780 e. The summed E-state index contributed by atoms with van der Waals surface area (Å²) in [5.74, 6) is 0.820. The third kappa shape index (κ3) is 6.52. The van der Waals surface area contributed by atoms with Crippen LogP contribution in [0.5, 0.6) is 0 Å². The number of rotatable bonds is 10. The normalized spacial score (nSPS) is 15.4. The largest absolute Gasteiger partial charge is 0.316 e. The molecular formula is C15H33N. The fourth-order valence-electron chi connectivity index (χ4n) is 2.66. The Kier molecular flexibility index (Phi) is 9.02. The van der Waals surface area contributed by atoms with Crippen molar-refractivity contribution in [1.82, 2.24) is 5.32 Å². The average Bonchev–Trinajstić information content (AvgIpc) is 2.25. The third-order valence-corrected chi connectivity index (χ3v) is 3.58. The van der Waals surface area contributed by atoms with Gasteiger partial charge in [-0.25, -0.2) is 0 Å². The van der Waals surface area contributed by atoms with E-state index < -0.39 is 0 Å². The van der Waals surface area contributed by atoms with Crippen molar-refractivity contribution in [2.24, 2.45) is 11.3 Å². The quantitative estimate of drug-likeness (QED) is 0.537. The van der Waals surface area contributed by atoms with Crippen LogP contribution in [0.25, 0.3) is 0 Å². The van der Waals surface area contributed by atoms with Gasteiger partial charge in [0.05, 0.1) is 0 Å². The van der Waals surface area contributed by atoms with Gasteiger partial charge in [0, 0.05) is 6.54 Å². The maximum Gasteiger partial charge on any atom is 0.000780 e. The third-order valence-electron chi connectivity index (χ3n) is 3.58. The van der Waals surface area contributed by atoms with Crippen molar-refractivity contribution in [3.05, 3.63) is 0 Å². The molecule has 0 saturated heterocycles. The first-order valence-corrected chi connectivity index (χ1v) is 7.31. The molecule has 1 atom stereocenters. The van der Waals surface area contributed by atoms with E-state index in [2.05, 4.69) is 39.9 Å². The molecule has 0 spiro atoms. The second-order valence-electron chi connectivity index (χ2n) is 5.73. The summed E-state index contributed by atoms with van der Waals surface area (Å²) in [6, 6.07) is 0. The molecule has 0 aliphatic rings. The van der Waals surface area contributed by atoms with Gasteiger partial charge in [-0.3, -0.25) is 0 Å². The number of nitrogens with one attached hydrogen (secondary N) is 1. The van der Waals surface area contributed by atoms with E-state index in [0.717, 1.165) is 5.92 Å². The van der Waals surface area contributed by atoms with Crippen LogP contribution in [0.3, 0.4) is 0 Å². The van der Waals surface area contributed by atoms with E-state index in [1.54, 1.807) is 0 Å². The van der Waals surface area contributed by atoms with Gasteiger partial charge in [-0.1, -0.05) is 47.5 Å². The van der Waals surface area contributed by atoms with Crippen molar-refractivity contribution in [2.45, 2.75) is 73.1 Å². The Labute approximate surface area is 103 Å². The lowest BCUT2D eigenvalue weighted by atomic mass is 9.74. The monoisotopic (exact) mass is 227 g/mol. The molecule has 0 rings (SSSR count). The number of hydrogen-bond donors (Lipinski definition) is 1. The first-order valence-electron chi connectivity index (χ1n) is 7.31. The number of hydrogen-bond acceptors (Lipinski definition) is 1. The highest BCUT2D eigenvalue weighted by Gasteiger charge is 2.27. The van der Waals surface area contributed by atoms with Gasteiger partial charge in [-0.05, 0) is 43.6 Å². The summed E-state index contributed by atoms with van der Waals surface area (Å²) in [4.78, 5) is 0. The molecule has 1 unspecified atom stereocenters. The van der Waals surface area contributed by atoms with Gasteiger partial charge in [-0.15, -0.1) is 0 Å². The van der Waals surface area contributed by atoms with Crippen molar-refractivity contribution in [3.8, 4) is 0 Å². The summed E-state index contributed by atoms with van der Waals surface area (Å²) in [6.07, 6.45) is 8.05. The molecule has 0 aliphatic heterocycles. The molecule has 0 radical (unpaired) electrons. The molecule has 0 aromatic heterocycles. The van der Waals surface area contributed by atoms with E-state index in [4.69, 9.17) is 0 Å². The predicted octanol–water partition coefficient (Wildman–Crippen LogP) is 4.62. The van der Waals surface area contributed by atoms with Crippen LogP contribution in [-0.2, 0) is 0 Å². The lowest BCUT2D eigenvalue weighted by Gasteiger charge is -2.35. The molecule has 1 N–H and O–H groups in total. The predicted molar refractivity (Wildman–Crippen MR) is 74.9 cm³/mol. The maximum absolute atomic E-state index is 3.64. The molecule has 0 aromatic carbocycles. The first kappa shape index (κ1) is 16.0. The zero-order chi connectivity index (χ0) is 12.4. The van der Waals surface area contributed by atoms with Crippen molar-refractivity contribution in [2.75, 3.05) is 13.1 Å². The van der Waals surface area contributed by atoms with E-state index in [0.29, 0.717) is 5.41 Å². The minimum atomic E-state index is 0.555. The summed E-state index contributed by atoms with van der Waals surface area (Å²) < 4.78 is 0. The Hall–Kier alpha value is -0.0400. The molecule has 1 nitrogen and oxygen atoms in total. The van der Waals surface area contributed by atoms with Gasteiger partial charge >= 0.3 is 0 Å². The van der Waals surface area contributed by atoms with Crippen LogP contribution in [0, 0.1) is 11.3 Å². The summed E-state index contributed by atoms with van der Waals surface area (Å²) in [5.41, 5.74) is 0.555. The van der Waals surface area contributed by atoms with Gasteiger partial charge in [-0.2, -0.15) is 0 Å². The van der Waals surface area contributed by atoms with Crippen LogP contribution in [0.1, 0.15) is 73.1 Å². The lowest BCUT2D eigenvalue weighted by molar-refractivity contribution is 0.185. The van der Waals surface area contributed by atoms with E-state index in [1.165, 1.54) is 51.6 Å². The van der Waals surface area contributed by atoms with Gasteiger partial charge < -0.3 is 5.32 Å². The second-order valence-corrected chi connectivity index (χ2v) is 5.73. The van der Waals surface area contributed by atoms with Crippen molar-refractivity contribution >= 4 is 0 Å². The van der Waals surface area contributed by atoms with E-state index in [9.17, 15) is 0 Å². The van der Waals surface area contributed by atoms with Crippen LogP contribution in [0.4, 0.5) is 0 Å². The number of unbranched alkanes of at least 4 members (excludes halogenated alkanes) is 1. The molecule has 0 heterocycles. The SMILES string of the molecule is CCCCC(CC)(CNCCC)CC(C)C. The lowest BCUT2D eigenvalue weighted by Crippen LogP contribution is -2.35. The molecule has 0 amide bonds. The van der Waals surface area contributed by atoms with E-state index in [-0.39, 0.29) is 0 Å². The highest BCUT2D eigenvalue weighted by molar-refractivity contribution is 4.81. The van der Waals surface area contributed by atoms with E-state index in [1.807, 2.05) is 0 Å². The molecule has 0 aliphatic carbocycles. The zero-order valence-corrected chi connectivity index (χ0v) is 12.2. The van der Waals surface area contributed by atoms with Gasteiger partial charge in [0.25, 0.3) is 0 Å². The molecular weight excluding hydrogens is 194 g/mol. The Balaban J connectivity index is 4.28. The highest BCUT2D eigenvalue weighted by atomic mass is 14.9. The Morgan fingerprint density at radius 1 is 1.06 bits per heavy atom. The molecule has 0 aromatic rings. The average molecular weight is 227 g/mol. The molecule has 0 bridgehead atoms. The summed E-state index contributed by atoms with van der Waals surface area (Å²) >= 11 is 0. The Bertz CT molecular complexity index is 154. The van der Waals surface area contributed by atoms with Crippen molar-refractivity contribution in [1.29, 1.82) is 0 Å². The van der Waals surface area contributed by atoms with Crippen molar-refractivity contribution in [3.63, 3.8) is 0 Å². The summed E-state index contributed by atoms with van der Waals surface area (Å²) in [5, 5.41) is 3.64. The molecule has 1 heteroatoms. The Morgan fingerprint density at radius 2 is 1.75 bits per heavy atom. The fraction of sp³-hybridized carbons (Fsp3) is 1.00. The van der Waals surface area contributed by atoms with Gasteiger partial charge in [0.15, 0.2) is 0 Å². The summed E-state index contributed by atoms with van der Waals surface area (Å²) in [6.45, 7) is 14.0. The topological polar surface area (TPSA) is 12.0 Å². The molecule has 16 heavy (non-hydrogen) atoms. The van der Waals surface area contributed by atoms with E-state index >= 15 is 0 Å². The standard InChI is InChI=1S/C15H33N/c1-6-9-10-15(8-3,12-14(4)5)13-16-11-7-2/h14,16H,6-13H2,1-5H3. The van der Waals surface area contributed by atoms with Gasteiger partial charge in [0.1, 0.15) is 0 Å². The first-order chi connectivity index (χ1) is 7.60. The van der Waals surface area contributed by atoms with Crippen LogP contribution in [0.15, 0.2) is 0 Å². The summed E-state index contributed by atoms with van der Waals surface area (Å²) in [7, 11) is 0. The second kappa shape index (κ2) is 9.04. The van der Waals surface area contributed by atoms with Crippen LogP contribution in [-0.4, -0.2) is 13.1 Å². The zero-order valence-electron chi connectivity index (χ0n) is 12.2. The van der Waals surface area contributed by atoms with Gasteiger partial charge in [0.2, 0.25) is 0 Å². The molecule has 0 fully saturated rings. The fourth-order valence-corrected chi connectivity index (χ4v) is 2.66. The minimum Gasteiger partial charge on any atom is -0.316 e. The molecule has 98 valence electrons. The highest BCUT2D eigenvalue weighted by Crippen LogP contribution is 2.35. The van der Waals surface area contributed by atoms with Crippen LogP contribution in [0.2, 0.25) is 0 Å². The minimum absolute atomic E-state index is 0.555. The van der Waals surface area contributed by atoms with Crippen LogP contribution >= 0.6 is 0 Å². The maximum atomic E-state index is 3.64. The molecule has 0 saturated carbocycles. The van der Waals surface area contributed by atoms with Crippen molar-refractivity contribution < 1.29 is 0 Å². The Morgan fingerprint density at radius 3 is 2.19 bits per heavy atom.